The summed E-state index contributed by atoms with van der Waals surface area (Å²) in [5.41, 5.74) is 0. The number of likely N-dealkylation sites (tertiary alicyclic amines) is 1. The van der Waals surface area contributed by atoms with Crippen LogP contribution in [0.4, 0.5) is 0 Å². The highest BCUT2D eigenvalue weighted by atomic mass is 16.5. The molecule has 2 N–H and O–H groups in total. The first-order valence-electron chi connectivity index (χ1n) is 7.35. The second-order valence-corrected chi connectivity index (χ2v) is 5.32. The van der Waals surface area contributed by atoms with E-state index < -0.39 is 0 Å². The molecule has 5 heteroatoms. The average Bonchev–Trinajstić information content (AvgIpc) is 2.44. The fourth-order valence-corrected chi connectivity index (χ4v) is 2.28. The maximum atomic E-state index is 12.0. The Bertz CT molecular complexity index is 265. The van der Waals surface area contributed by atoms with Gasteiger partial charge in [0.15, 0.2) is 0 Å². The van der Waals surface area contributed by atoms with Crippen LogP contribution in [0, 0.1) is 0 Å². The molecule has 2 atom stereocenters. The Kier molecular flexibility index (Phi) is 7.34. The topological polar surface area (TPSA) is 61.8 Å². The highest BCUT2D eigenvalue weighted by Gasteiger charge is 2.27. The Morgan fingerprint density at radius 2 is 2.05 bits per heavy atom. The van der Waals surface area contributed by atoms with Crippen LogP contribution in [0.25, 0.3) is 0 Å². The van der Waals surface area contributed by atoms with Gasteiger partial charge in [-0.3, -0.25) is 9.69 Å². The van der Waals surface area contributed by atoms with E-state index in [0.29, 0.717) is 6.61 Å². The van der Waals surface area contributed by atoms with Crippen LogP contribution in [-0.4, -0.2) is 60.4 Å². The predicted molar refractivity (Wildman–Crippen MR) is 75.0 cm³/mol. The van der Waals surface area contributed by atoms with Crippen LogP contribution in [0.15, 0.2) is 0 Å². The van der Waals surface area contributed by atoms with E-state index in [4.69, 9.17) is 9.84 Å². The number of amides is 1. The molecule has 1 heterocycles. The van der Waals surface area contributed by atoms with Gasteiger partial charge in [-0.25, -0.2) is 0 Å². The number of carbonyl (C=O) groups excluding carboxylic acids is 1. The minimum absolute atomic E-state index is 0.0761. The van der Waals surface area contributed by atoms with E-state index in [2.05, 4.69) is 17.1 Å². The average molecular weight is 272 g/mol. The van der Waals surface area contributed by atoms with E-state index in [1.54, 1.807) is 0 Å². The van der Waals surface area contributed by atoms with Gasteiger partial charge in [0, 0.05) is 19.1 Å². The molecule has 19 heavy (non-hydrogen) atoms. The number of nitrogens with one attached hydrogen (secondary N) is 1. The summed E-state index contributed by atoms with van der Waals surface area (Å²) in [6.07, 6.45) is 3.05. The monoisotopic (exact) mass is 272 g/mol. The van der Waals surface area contributed by atoms with Gasteiger partial charge in [-0.1, -0.05) is 6.92 Å². The molecule has 1 aliphatic rings. The molecule has 1 fully saturated rings. The molecule has 0 spiro atoms. The SMILES string of the molecule is CCC(C)NC(=O)C(C)N1CCC(OCCO)CC1. The van der Waals surface area contributed by atoms with Crippen LogP contribution in [0.2, 0.25) is 0 Å². The van der Waals surface area contributed by atoms with Crippen LogP contribution < -0.4 is 5.32 Å². The summed E-state index contributed by atoms with van der Waals surface area (Å²) >= 11 is 0. The van der Waals surface area contributed by atoms with Gasteiger partial charge in [0.05, 0.1) is 25.4 Å². The third kappa shape index (κ3) is 5.47. The molecule has 2 unspecified atom stereocenters. The summed E-state index contributed by atoms with van der Waals surface area (Å²) in [7, 11) is 0. The van der Waals surface area contributed by atoms with Crippen molar-refractivity contribution < 1.29 is 14.6 Å². The zero-order valence-corrected chi connectivity index (χ0v) is 12.4. The van der Waals surface area contributed by atoms with E-state index in [1.807, 2.05) is 13.8 Å². The molecule has 1 amide bonds. The Balaban J connectivity index is 2.31. The summed E-state index contributed by atoms with van der Waals surface area (Å²) < 4.78 is 5.53. The number of ether oxygens (including phenoxy) is 1. The van der Waals surface area contributed by atoms with Crippen molar-refractivity contribution in [3.8, 4) is 0 Å². The largest absolute Gasteiger partial charge is 0.394 e. The molecule has 112 valence electrons. The number of carbonyl (C=O) groups is 1. The van der Waals surface area contributed by atoms with Crippen LogP contribution >= 0.6 is 0 Å². The molecular formula is C14H28N2O3. The lowest BCUT2D eigenvalue weighted by molar-refractivity contribution is -0.127. The fourth-order valence-electron chi connectivity index (χ4n) is 2.28. The van der Waals surface area contributed by atoms with Gasteiger partial charge in [0.1, 0.15) is 0 Å². The lowest BCUT2D eigenvalue weighted by Crippen LogP contribution is -2.50. The minimum atomic E-state index is -0.0761. The number of piperidine rings is 1. The Morgan fingerprint density at radius 3 is 2.58 bits per heavy atom. The Hall–Kier alpha value is -0.650. The highest BCUT2D eigenvalue weighted by Crippen LogP contribution is 2.16. The first-order chi connectivity index (χ1) is 9.08. The molecule has 0 aromatic heterocycles. The van der Waals surface area contributed by atoms with Gasteiger partial charge in [-0.2, -0.15) is 0 Å². The zero-order valence-electron chi connectivity index (χ0n) is 12.4. The standard InChI is InChI=1S/C14H28N2O3/c1-4-11(2)15-14(18)12(3)16-7-5-13(6-8-16)19-10-9-17/h11-13,17H,4-10H2,1-3H3,(H,15,18). The van der Waals surface area contributed by atoms with Crippen molar-refractivity contribution in [3.63, 3.8) is 0 Å². The van der Waals surface area contributed by atoms with E-state index >= 15 is 0 Å². The van der Waals surface area contributed by atoms with Crippen LogP contribution in [0.3, 0.4) is 0 Å². The summed E-state index contributed by atoms with van der Waals surface area (Å²) in [6, 6.07) is 0.160. The zero-order chi connectivity index (χ0) is 14.3. The van der Waals surface area contributed by atoms with Crippen molar-refractivity contribution in [1.29, 1.82) is 0 Å². The first kappa shape index (κ1) is 16.4. The minimum Gasteiger partial charge on any atom is -0.394 e. The van der Waals surface area contributed by atoms with Crippen LogP contribution in [0.5, 0.6) is 0 Å². The lowest BCUT2D eigenvalue weighted by atomic mass is 10.1. The number of hydrogen-bond donors (Lipinski definition) is 2. The lowest BCUT2D eigenvalue weighted by Gasteiger charge is -2.35. The molecule has 1 aliphatic heterocycles. The Labute approximate surface area is 116 Å². The molecule has 0 aromatic rings. The van der Waals surface area contributed by atoms with Crippen molar-refractivity contribution >= 4 is 5.91 Å². The van der Waals surface area contributed by atoms with Crippen molar-refractivity contribution in [2.75, 3.05) is 26.3 Å². The normalized spacial score (nSPS) is 21.1. The van der Waals surface area contributed by atoms with Gasteiger partial charge in [0.25, 0.3) is 0 Å². The molecule has 0 bridgehead atoms. The van der Waals surface area contributed by atoms with E-state index in [9.17, 15) is 4.79 Å². The number of nitrogens with zero attached hydrogens (tertiary/aromatic N) is 1. The van der Waals surface area contributed by atoms with Crippen molar-refractivity contribution in [1.82, 2.24) is 10.2 Å². The van der Waals surface area contributed by atoms with Crippen molar-refractivity contribution in [2.24, 2.45) is 0 Å². The summed E-state index contributed by atoms with van der Waals surface area (Å²) in [6.45, 7) is 8.31. The third-order valence-corrected chi connectivity index (χ3v) is 3.85. The molecule has 0 saturated carbocycles. The quantitative estimate of drug-likeness (QED) is 0.718. The number of rotatable bonds is 7. The highest BCUT2D eigenvalue weighted by molar-refractivity contribution is 5.81. The van der Waals surface area contributed by atoms with E-state index in [-0.39, 0.29) is 30.7 Å². The van der Waals surface area contributed by atoms with Gasteiger partial charge in [-0.15, -0.1) is 0 Å². The predicted octanol–water partition coefficient (Wildman–Crippen LogP) is 0.763. The maximum Gasteiger partial charge on any atom is 0.237 e. The summed E-state index contributed by atoms with van der Waals surface area (Å²) in [5.74, 6) is 0.115. The molecule has 0 aromatic carbocycles. The number of hydrogen-bond acceptors (Lipinski definition) is 4. The number of aliphatic hydroxyl groups excluding tert-OH is 1. The van der Waals surface area contributed by atoms with Gasteiger partial charge in [-0.05, 0) is 33.1 Å². The first-order valence-corrected chi connectivity index (χ1v) is 7.35. The molecule has 1 rings (SSSR count). The summed E-state index contributed by atoms with van der Waals surface area (Å²) in [5, 5.41) is 11.8. The summed E-state index contributed by atoms with van der Waals surface area (Å²) in [4.78, 5) is 14.3. The third-order valence-electron chi connectivity index (χ3n) is 3.85. The molecule has 0 radical (unpaired) electrons. The van der Waals surface area contributed by atoms with Crippen molar-refractivity contribution in [2.45, 2.75) is 58.2 Å². The maximum absolute atomic E-state index is 12.0. The second kappa shape index (κ2) is 8.51. The Morgan fingerprint density at radius 1 is 1.42 bits per heavy atom. The van der Waals surface area contributed by atoms with Gasteiger partial charge in [0.2, 0.25) is 5.91 Å². The molecular weight excluding hydrogens is 244 g/mol. The smallest absolute Gasteiger partial charge is 0.237 e. The van der Waals surface area contributed by atoms with Crippen LogP contribution in [0.1, 0.15) is 40.0 Å². The van der Waals surface area contributed by atoms with Gasteiger partial charge >= 0.3 is 0 Å². The number of aliphatic hydroxyl groups is 1. The van der Waals surface area contributed by atoms with Crippen molar-refractivity contribution in [3.05, 3.63) is 0 Å². The van der Waals surface area contributed by atoms with E-state index in [0.717, 1.165) is 32.4 Å². The fraction of sp³-hybridized carbons (Fsp3) is 0.929. The molecule has 0 aliphatic carbocycles. The van der Waals surface area contributed by atoms with Gasteiger partial charge < -0.3 is 15.2 Å². The molecule has 5 nitrogen and oxygen atoms in total. The molecule has 1 saturated heterocycles. The second-order valence-electron chi connectivity index (χ2n) is 5.32. The van der Waals surface area contributed by atoms with E-state index in [1.165, 1.54) is 0 Å². The van der Waals surface area contributed by atoms with Crippen LogP contribution in [-0.2, 0) is 9.53 Å².